The molecule has 0 bridgehead atoms. The summed E-state index contributed by atoms with van der Waals surface area (Å²) < 4.78 is 10.4. The quantitative estimate of drug-likeness (QED) is 0.287. The van der Waals surface area contributed by atoms with E-state index < -0.39 is 11.9 Å². The first kappa shape index (κ1) is 20.4. The Labute approximate surface area is 174 Å². The van der Waals surface area contributed by atoms with Gasteiger partial charge >= 0.3 is 5.97 Å². The van der Waals surface area contributed by atoms with Gasteiger partial charge in [0.1, 0.15) is 23.1 Å². The average Bonchev–Trinajstić information content (AvgIpc) is 2.79. The molecule has 0 saturated carbocycles. The van der Waals surface area contributed by atoms with Gasteiger partial charge in [0.25, 0.3) is 5.91 Å². The normalized spacial score (nSPS) is 10.6. The summed E-state index contributed by atoms with van der Waals surface area (Å²) >= 11 is 0. The Morgan fingerprint density at radius 1 is 0.900 bits per heavy atom. The summed E-state index contributed by atoms with van der Waals surface area (Å²) in [7, 11) is 1.55. The first-order chi connectivity index (χ1) is 14.6. The molecule has 148 valence electrons. The van der Waals surface area contributed by atoms with E-state index in [4.69, 9.17) is 9.47 Å². The molecule has 0 unspecified atom stereocenters. The zero-order valence-corrected chi connectivity index (χ0v) is 16.2. The summed E-state index contributed by atoms with van der Waals surface area (Å²) in [6.45, 7) is 0. The number of hydrogen-bond donors (Lipinski definition) is 1. The van der Waals surface area contributed by atoms with E-state index in [-0.39, 0.29) is 5.57 Å². The molecule has 3 aromatic carbocycles. The lowest BCUT2D eigenvalue weighted by Crippen LogP contribution is -2.13. The number of hydrogen-bond acceptors (Lipinski definition) is 5. The van der Waals surface area contributed by atoms with Crippen LogP contribution < -0.4 is 14.8 Å². The fraction of sp³-hybridized carbons (Fsp3) is 0.0417. The molecule has 6 heteroatoms. The van der Waals surface area contributed by atoms with Crippen LogP contribution in [-0.2, 0) is 4.79 Å². The minimum atomic E-state index is -0.501. The van der Waals surface area contributed by atoms with E-state index in [0.29, 0.717) is 28.3 Å². The lowest BCUT2D eigenvalue weighted by molar-refractivity contribution is -0.112. The van der Waals surface area contributed by atoms with Crippen LogP contribution >= 0.6 is 0 Å². The molecule has 0 aliphatic heterocycles. The maximum atomic E-state index is 12.3. The molecule has 1 amide bonds. The van der Waals surface area contributed by atoms with Gasteiger partial charge in [-0.05, 0) is 60.2 Å². The summed E-state index contributed by atoms with van der Waals surface area (Å²) in [4.78, 5) is 24.5. The molecular weight excluding hydrogens is 380 g/mol. The molecule has 3 rings (SSSR count). The SMILES string of the molecule is COc1ccc(C(=O)Oc2ccc(/C=C(\C#N)C(=O)Nc3ccccc3)cc2)cc1. The molecule has 0 spiro atoms. The molecule has 0 aliphatic rings. The van der Waals surface area contributed by atoms with Crippen LogP contribution in [0.4, 0.5) is 5.69 Å². The number of carbonyl (C=O) groups excluding carboxylic acids is 2. The second kappa shape index (κ2) is 9.71. The highest BCUT2D eigenvalue weighted by molar-refractivity contribution is 6.09. The Morgan fingerprint density at radius 3 is 2.13 bits per heavy atom. The zero-order valence-electron chi connectivity index (χ0n) is 16.2. The van der Waals surface area contributed by atoms with E-state index in [1.807, 2.05) is 12.1 Å². The number of nitrogens with zero attached hydrogens (tertiary/aromatic N) is 1. The number of carbonyl (C=O) groups is 2. The van der Waals surface area contributed by atoms with Crippen molar-refractivity contribution >= 4 is 23.6 Å². The fourth-order valence-electron chi connectivity index (χ4n) is 2.56. The number of ether oxygens (including phenoxy) is 2. The highest BCUT2D eigenvalue weighted by Gasteiger charge is 2.11. The van der Waals surface area contributed by atoms with Crippen LogP contribution in [0.25, 0.3) is 6.08 Å². The average molecular weight is 398 g/mol. The smallest absolute Gasteiger partial charge is 0.343 e. The van der Waals surface area contributed by atoms with Crippen molar-refractivity contribution in [3.05, 3.63) is 95.6 Å². The van der Waals surface area contributed by atoms with Crippen LogP contribution in [0.3, 0.4) is 0 Å². The third kappa shape index (κ3) is 5.33. The molecular formula is C24H18N2O4. The van der Waals surface area contributed by atoms with Gasteiger partial charge in [-0.15, -0.1) is 0 Å². The number of para-hydroxylation sites is 1. The molecule has 0 fully saturated rings. The van der Waals surface area contributed by atoms with Crippen LogP contribution in [0.15, 0.2) is 84.4 Å². The van der Waals surface area contributed by atoms with E-state index in [1.54, 1.807) is 79.9 Å². The van der Waals surface area contributed by atoms with E-state index in [9.17, 15) is 14.9 Å². The summed E-state index contributed by atoms with van der Waals surface area (Å²) in [6, 6.07) is 23.9. The Morgan fingerprint density at radius 2 is 1.53 bits per heavy atom. The molecule has 1 N–H and O–H groups in total. The van der Waals surface area contributed by atoms with E-state index >= 15 is 0 Å². The Bertz CT molecular complexity index is 1100. The van der Waals surface area contributed by atoms with Gasteiger partial charge in [0.2, 0.25) is 0 Å². The molecule has 30 heavy (non-hydrogen) atoms. The van der Waals surface area contributed by atoms with Crippen LogP contribution in [0.5, 0.6) is 11.5 Å². The molecule has 0 heterocycles. The summed E-state index contributed by atoms with van der Waals surface area (Å²) in [5, 5.41) is 12.0. The van der Waals surface area contributed by atoms with Crippen LogP contribution in [0.1, 0.15) is 15.9 Å². The van der Waals surface area contributed by atoms with Crippen molar-refractivity contribution in [3.8, 4) is 17.6 Å². The highest BCUT2D eigenvalue weighted by atomic mass is 16.5. The third-order valence-electron chi connectivity index (χ3n) is 4.12. The maximum Gasteiger partial charge on any atom is 0.343 e. The predicted molar refractivity (Wildman–Crippen MR) is 113 cm³/mol. The minimum Gasteiger partial charge on any atom is -0.497 e. The van der Waals surface area contributed by atoms with Crippen molar-refractivity contribution < 1.29 is 19.1 Å². The number of benzene rings is 3. The van der Waals surface area contributed by atoms with Gasteiger partial charge < -0.3 is 14.8 Å². The number of rotatable bonds is 6. The first-order valence-electron chi connectivity index (χ1n) is 9.03. The molecule has 3 aromatic rings. The van der Waals surface area contributed by atoms with Crippen molar-refractivity contribution in [3.63, 3.8) is 0 Å². The van der Waals surface area contributed by atoms with Crippen LogP contribution in [0, 0.1) is 11.3 Å². The van der Waals surface area contributed by atoms with Crippen molar-refractivity contribution in [2.24, 2.45) is 0 Å². The molecule has 0 aliphatic carbocycles. The Balaban J connectivity index is 1.67. The molecule has 0 saturated heterocycles. The number of amides is 1. The van der Waals surface area contributed by atoms with E-state index in [2.05, 4.69) is 5.32 Å². The summed E-state index contributed by atoms with van der Waals surface area (Å²) in [5.41, 5.74) is 1.58. The van der Waals surface area contributed by atoms with Gasteiger partial charge in [-0.2, -0.15) is 5.26 Å². The second-order valence-electron chi connectivity index (χ2n) is 6.18. The summed E-state index contributed by atoms with van der Waals surface area (Å²) in [6.07, 6.45) is 1.47. The van der Waals surface area contributed by atoms with Gasteiger partial charge in [-0.3, -0.25) is 4.79 Å². The van der Waals surface area contributed by atoms with Gasteiger partial charge in [-0.25, -0.2) is 4.79 Å². The largest absolute Gasteiger partial charge is 0.497 e. The zero-order chi connectivity index (χ0) is 21.3. The topological polar surface area (TPSA) is 88.4 Å². The standard InChI is InChI=1S/C24H18N2O4/c1-29-21-13-9-18(10-14-21)24(28)30-22-11-7-17(8-12-22)15-19(16-25)23(27)26-20-5-3-2-4-6-20/h2-15H,1H3,(H,26,27)/b19-15+. The van der Waals surface area contributed by atoms with Gasteiger partial charge in [0.05, 0.1) is 12.7 Å². The minimum absolute atomic E-state index is 0.0400. The van der Waals surface area contributed by atoms with Crippen molar-refractivity contribution in [1.29, 1.82) is 5.26 Å². The van der Waals surface area contributed by atoms with Gasteiger partial charge in [0, 0.05) is 5.69 Å². The number of methoxy groups -OCH3 is 1. The Hall–Kier alpha value is -4.37. The highest BCUT2D eigenvalue weighted by Crippen LogP contribution is 2.18. The lowest BCUT2D eigenvalue weighted by Gasteiger charge is -2.06. The van der Waals surface area contributed by atoms with Gasteiger partial charge in [-0.1, -0.05) is 30.3 Å². The number of esters is 1. The number of nitriles is 1. The van der Waals surface area contributed by atoms with Crippen molar-refractivity contribution in [2.45, 2.75) is 0 Å². The summed E-state index contributed by atoms with van der Waals surface area (Å²) in [5.74, 6) is -0.00731. The third-order valence-corrected chi connectivity index (χ3v) is 4.12. The predicted octanol–water partition coefficient (Wildman–Crippen LogP) is 4.46. The van der Waals surface area contributed by atoms with Crippen molar-refractivity contribution in [1.82, 2.24) is 0 Å². The molecule has 0 atom stereocenters. The van der Waals surface area contributed by atoms with E-state index in [0.717, 1.165) is 0 Å². The van der Waals surface area contributed by atoms with E-state index in [1.165, 1.54) is 6.08 Å². The number of anilines is 1. The second-order valence-corrected chi connectivity index (χ2v) is 6.18. The maximum absolute atomic E-state index is 12.3. The monoisotopic (exact) mass is 398 g/mol. The number of nitrogens with one attached hydrogen (secondary N) is 1. The Kier molecular flexibility index (Phi) is 6.59. The fourth-order valence-corrected chi connectivity index (χ4v) is 2.56. The molecule has 6 nitrogen and oxygen atoms in total. The first-order valence-corrected chi connectivity index (χ1v) is 9.03. The molecule has 0 radical (unpaired) electrons. The van der Waals surface area contributed by atoms with Crippen LogP contribution in [-0.4, -0.2) is 19.0 Å². The molecule has 0 aromatic heterocycles. The van der Waals surface area contributed by atoms with Gasteiger partial charge in [0.15, 0.2) is 0 Å². The van der Waals surface area contributed by atoms with Crippen molar-refractivity contribution in [2.75, 3.05) is 12.4 Å². The van der Waals surface area contributed by atoms with Crippen LogP contribution in [0.2, 0.25) is 0 Å². The lowest BCUT2D eigenvalue weighted by atomic mass is 10.1.